The lowest BCUT2D eigenvalue weighted by Gasteiger charge is -2.31. The zero-order valence-electron chi connectivity index (χ0n) is 12.7. The highest BCUT2D eigenvalue weighted by Crippen LogP contribution is 2.14. The molecule has 0 saturated carbocycles. The number of benzene rings is 1. The third kappa shape index (κ3) is 4.93. The predicted octanol–water partition coefficient (Wildman–Crippen LogP) is 3.13. The summed E-state index contributed by atoms with van der Waals surface area (Å²) in [5.41, 5.74) is 0.600. The van der Waals surface area contributed by atoms with Gasteiger partial charge in [0, 0.05) is 0 Å². The normalized spacial score (nSPS) is 12.3. The van der Waals surface area contributed by atoms with Crippen molar-refractivity contribution in [2.75, 3.05) is 6.61 Å². The lowest BCUT2D eigenvalue weighted by molar-refractivity contribution is 0.0526. The fourth-order valence-electron chi connectivity index (χ4n) is 2.05. The van der Waals surface area contributed by atoms with E-state index in [0.717, 1.165) is 0 Å². The highest BCUT2D eigenvalue weighted by Gasteiger charge is 2.31. The second kappa shape index (κ2) is 6.02. The number of carbonyl (C=O) groups is 1. The fourth-order valence-corrected chi connectivity index (χ4v) is 9.61. The van der Waals surface area contributed by atoms with Crippen molar-refractivity contribution in [3.05, 3.63) is 29.8 Å². The van der Waals surface area contributed by atoms with E-state index < -0.39 is 16.6 Å². The van der Waals surface area contributed by atoms with E-state index in [-0.39, 0.29) is 5.97 Å². The van der Waals surface area contributed by atoms with Crippen LogP contribution in [0.3, 0.4) is 0 Å². The molecule has 3 nitrogen and oxygen atoms in total. The quantitative estimate of drug-likeness (QED) is 0.618. The first-order chi connectivity index (χ1) is 8.65. The van der Waals surface area contributed by atoms with Gasteiger partial charge in [-0.15, -0.1) is 0 Å². The third-order valence-electron chi connectivity index (χ3n) is 2.65. The molecule has 0 unspecified atom stereocenters. The SMILES string of the molecule is CCOC(=O)c1ccc([Si](C)(C)O[Si](C)(C)C)cc1. The van der Waals surface area contributed by atoms with Gasteiger partial charge in [-0.3, -0.25) is 0 Å². The topological polar surface area (TPSA) is 35.5 Å². The Bertz CT molecular complexity index is 433. The third-order valence-corrected chi connectivity index (χ3v) is 8.87. The maximum absolute atomic E-state index is 11.6. The van der Waals surface area contributed by atoms with Gasteiger partial charge < -0.3 is 8.85 Å². The molecule has 106 valence electrons. The molecule has 0 spiro atoms. The Labute approximate surface area is 118 Å². The molecule has 1 aromatic carbocycles. The Morgan fingerprint density at radius 2 is 1.58 bits per heavy atom. The van der Waals surface area contributed by atoms with Gasteiger partial charge in [-0.05, 0) is 57.0 Å². The summed E-state index contributed by atoms with van der Waals surface area (Å²) < 4.78 is 11.3. The largest absolute Gasteiger partial charge is 0.462 e. The van der Waals surface area contributed by atoms with Gasteiger partial charge in [0.1, 0.15) is 0 Å². The number of esters is 1. The minimum atomic E-state index is -1.88. The van der Waals surface area contributed by atoms with Crippen LogP contribution in [-0.2, 0) is 8.85 Å². The molecular formula is C14H24O3Si2. The molecule has 0 amide bonds. The van der Waals surface area contributed by atoms with Crippen LogP contribution < -0.4 is 5.19 Å². The van der Waals surface area contributed by atoms with E-state index in [0.29, 0.717) is 12.2 Å². The molecule has 1 rings (SSSR count). The van der Waals surface area contributed by atoms with Crippen LogP contribution in [-0.4, -0.2) is 29.2 Å². The van der Waals surface area contributed by atoms with Gasteiger partial charge in [-0.25, -0.2) is 4.79 Å². The summed E-state index contributed by atoms with van der Waals surface area (Å²) in [7, 11) is -3.43. The predicted molar refractivity (Wildman–Crippen MR) is 83.9 cm³/mol. The summed E-state index contributed by atoms with van der Waals surface area (Å²) in [5.74, 6) is -0.264. The van der Waals surface area contributed by atoms with Crippen molar-refractivity contribution in [2.24, 2.45) is 0 Å². The van der Waals surface area contributed by atoms with E-state index in [1.807, 2.05) is 31.2 Å². The molecule has 0 aliphatic carbocycles. The highest BCUT2D eigenvalue weighted by molar-refractivity contribution is 6.92. The molecule has 0 heterocycles. The maximum Gasteiger partial charge on any atom is 0.338 e. The monoisotopic (exact) mass is 296 g/mol. The van der Waals surface area contributed by atoms with Crippen molar-refractivity contribution in [3.63, 3.8) is 0 Å². The molecule has 0 bridgehead atoms. The lowest BCUT2D eigenvalue weighted by Crippen LogP contribution is -2.51. The van der Waals surface area contributed by atoms with Crippen molar-refractivity contribution >= 4 is 27.8 Å². The summed E-state index contributed by atoms with van der Waals surface area (Å²) in [6.07, 6.45) is 0. The standard InChI is InChI=1S/C14H24O3Si2/c1-7-16-14(15)12-8-10-13(11-9-12)19(5,6)17-18(2,3)4/h8-11H,7H2,1-6H3. The van der Waals surface area contributed by atoms with Crippen LogP contribution in [0.2, 0.25) is 32.7 Å². The summed E-state index contributed by atoms with van der Waals surface area (Å²) in [6, 6.07) is 7.66. The van der Waals surface area contributed by atoms with E-state index >= 15 is 0 Å². The van der Waals surface area contributed by atoms with Gasteiger partial charge in [0.2, 0.25) is 8.32 Å². The fraction of sp³-hybridized carbons (Fsp3) is 0.500. The number of hydrogen-bond donors (Lipinski definition) is 0. The van der Waals surface area contributed by atoms with Gasteiger partial charge in [0.25, 0.3) is 0 Å². The molecule has 0 aliphatic heterocycles. The minimum Gasteiger partial charge on any atom is -0.462 e. The van der Waals surface area contributed by atoms with Gasteiger partial charge in [-0.1, -0.05) is 12.1 Å². The smallest absolute Gasteiger partial charge is 0.338 e. The van der Waals surface area contributed by atoms with Crippen LogP contribution in [0, 0.1) is 0 Å². The van der Waals surface area contributed by atoms with Crippen LogP contribution in [0.4, 0.5) is 0 Å². The van der Waals surface area contributed by atoms with Crippen molar-refractivity contribution in [1.82, 2.24) is 0 Å². The summed E-state index contributed by atoms with van der Waals surface area (Å²) in [6.45, 7) is 13.2. The molecule has 0 atom stereocenters. The summed E-state index contributed by atoms with van der Waals surface area (Å²) in [5, 5.41) is 1.21. The Morgan fingerprint density at radius 3 is 2.00 bits per heavy atom. The zero-order chi connectivity index (χ0) is 14.7. The molecule has 19 heavy (non-hydrogen) atoms. The number of carbonyl (C=O) groups excluding carboxylic acids is 1. The molecule has 0 N–H and O–H groups in total. The first-order valence-electron chi connectivity index (χ1n) is 6.63. The van der Waals surface area contributed by atoms with Crippen LogP contribution >= 0.6 is 0 Å². The van der Waals surface area contributed by atoms with Crippen molar-refractivity contribution in [3.8, 4) is 0 Å². The number of hydrogen-bond acceptors (Lipinski definition) is 3. The van der Waals surface area contributed by atoms with Crippen LogP contribution in [0.25, 0.3) is 0 Å². The van der Waals surface area contributed by atoms with Crippen LogP contribution in [0.5, 0.6) is 0 Å². The van der Waals surface area contributed by atoms with Crippen molar-refractivity contribution < 1.29 is 13.6 Å². The zero-order valence-corrected chi connectivity index (χ0v) is 14.7. The molecule has 0 fully saturated rings. The van der Waals surface area contributed by atoms with Gasteiger partial charge >= 0.3 is 5.97 Å². The Kier molecular flexibility index (Phi) is 5.12. The lowest BCUT2D eigenvalue weighted by atomic mass is 10.2. The van der Waals surface area contributed by atoms with E-state index in [1.165, 1.54) is 5.19 Å². The first-order valence-corrected chi connectivity index (χ1v) is 13.0. The molecule has 1 aromatic rings. The Hall–Kier alpha value is -0.916. The highest BCUT2D eigenvalue weighted by atomic mass is 28.4. The molecule has 0 aliphatic rings. The second-order valence-electron chi connectivity index (χ2n) is 6.02. The molecule has 5 heteroatoms. The average molecular weight is 297 g/mol. The Balaban J connectivity index is 2.89. The second-order valence-corrected chi connectivity index (χ2v) is 14.7. The van der Waals surface area contributed by atoms with E-state index in [4.69, 9.17) is 8.85 Å². The van der Waals surface area contributed by atoms with Crippen molar-refractivity contribution in [2.45, 2.75) is 39.7 Å². The Morgan fingerprint density at radius 1 is 1.05 bits per heavy atom. The van der Waals surface area contributed by atoms with Crippen LogP contribution in [0.15, 0.2) is 24.3 Å². The molecule has 0 aromatic heterocycles. The first kappa shape index (κ1) is 16.1. The van der Waals surface area contributed by atoms with Gasteiger partial charge in [-0.2, -0.15) is 0 Å². The van der Waals surface area contributed by atoms with Gasteiger partial charge in [0.05, 0.1) is 12.2 Å². The van der Waals surface area contributed by atoms with E-state index in [1.54, 1.807) is 0 Å². The van der Waals surface area contributed by atoms with E-state index in [9.17, 15) is 4.79 Å². The van der Waals surface area contributed by atoms with Crippen molar-refractivity contribution in [1.29, 1.82) is 0 Å². The maximum atomic E-state index is 11.6. The number of rotatable bonds is 5. The van der Waals surface area contributed by atoms with Crippen LogP contribution in [0.1, 0.15) is 17.3 Å². The summed E-state index contributed by atoms with van der Waals surface area (Å²) >= 11 is 0. The van der Waals surface area contributed by atoms with Gasteiger partial charge in [0.15, 0.2) is 8.32 Å². The molecule has 0 radical (unpaired) electrons. The number of ether oxygens (including phenoxy) is 1. The molecular weight excluding hydrogens is 272 g/mol. The minimum absolute atomic E-state index is 0.264. The molecule has 0 saturated heterocycles. The average Bonchev–Trinajstić information content (AvgIpc) is 2.26. The summed E-state index contributed by atoms with van der Waals surface area (Å²) in [4.78, 5) is 11.6. The van der Waals surface area contributed by atoms with E-state index in [2.05, 4.69) is 32.7 Å².